The maximum atomic E-state index is 11.5. The number of fused-ring (bicyclic) bond motifs is 4. The molecule has 31 heavy (non-hydrogen) atoms. The van der Waals surface area contributed by atoms with Crippen LogP contribution in [0.2, 0.25) is 0 Å². The van der Waals surface area contributed by atoms with Gasteiger partial charge in [-0.1, -0.05) is 19.3 Å². The molecule has 0 amide bonds. The molecule has 1 spiro atoms. The third kappa shape index (κ3) is 3.29. The smallest absolute Gasteiger partial charge is 0.238 e. The van der Waals surface area contributed by atoms with Crippen molar-refractivity contribution in [2.45, 2.75) is 42.5 Å². The largest absolute Gasteiger partial charge is 0.373 e. The zero-order valence-corrected chi connectivity index (χ0v) is 17.9. The van der Waals surface area contributed by atoms with E-state index in [0.717, 1.165) is 48.4 Å². The van der Waals surface area contributed by atoms with Crippen molar-refractivity contribution in [1.29, 1.82) is 0 Å². The lowest BCUT2D eigenvalue weighted by molar-refractivity contribution is 0.281. The van der Waals surface area contributed by atoms with Gasteiger partial charge in [-0.3, -0.25) is 9.99 Å². The lowest BCUT2D eigenvalue weighted by atomic mass is 9.80. The predicted octanol–water partition coefficient (Wildman–Crippen LogP) is 2.44. The van der Waals surface area contributed by atoms with Crippen LogP contribution in [0.15, 0.2) is 46.5 Å². The number of benzene rings is 1. The topological polar surface area (TPSA) is 139 Å². The maximum absolute atomic E-state index is 11.5. The molecule has 2 aliphatic rings. The molecule has 11 heteroatoms. The monoisotopic (exact) mass is 440 g/mol. The van der Waals surface area contributed by atoms with E-state index in [-0.39, 0.29) is 10.4 Å². The van der Waals surface area contributed by atoms with Crippen molar-refractivity contribution in [3.63, 3.8) is 0 Å². The molecule has 3 heterocycles. The quantitative estimate of drug-likeness (QED) is 0.490. The van der Waals surface area contributed by atoms with Gasteiger partial charge in [0.1, 0.15) is 22.8 Å². The molecule has 5 rings (SSSR count). The number of hydrazone groups is 1. The Balaban J connectivity index is 1.55. The molecule has 1 saturated carbocycles. The van der Waals surface area contributed by atoms with Crippen molar-refractivity contribution in [3.05, 3.63) is 36.5 Å². The number of likely N-dealkylation sites (N-methyl/N-ethyl adjacent to an activating group) is 1. The number of amidine groups is 1. The molecule has 1 aliphatic carbocycles. The number of nitrogens with zero attached hydrogens (tertiary/aromatic N) is 4. The zero-order valence-electron chi connectivity index (χ0n) is 17.1. The van der Waals surface area contributed by atoms with Crippen LogP contribution in [0.1, 0.15) is 32.1 Å². The van der Waals surface area contributed by atoms with E-state index in [1.54, 1.807) is 18.3 Å². The van der Waals surface area contributed by atoms with Gasteiger partial charge in [0.15, 0.2) is 0 Å². The Kier molecular flexibility index (Phi) is 4.59. The Morgan fingerprint density at radius 1 is 1.16 bits per heavy atom. The van der Waals surface area contributed by atoms with Crippen LogP contribution in [0.3, 0.4) is 0 Å². The normalized spacial score (nSPS) is 17.7. The summed E-state index contributed by atoms with van der Waals surface area (Å²) in [6.45, 7) is 0. The van der Waals surface area contributed by atoms with Gasteiger partial charge in [0.25, 0.3) is 0 Å². The number of nitrogens with one attached hydrogen (secondary N) is 3. The van der Waals surface area contributed by atoms with E-state index in [9.17, 15) is 8.42 Å². The van der Waals surface area contributed by atoms with Gasteiger partial charge in [-0.15, -0.1) is 0 Å². The highest BCUT2D eigenvalue weighted by Gasteiger charge is 2.43. The second-order valence-electron chi connectivity index (χ2n) is 7.95. The van der Waals surface area contributed by atoms with E-state index in [0.29, 0.717) is 11.6 Å². The number of aromatic nitrogens is 3. The van der Waals surface area contributed by atoms with E-state index in [1.807, 2.05) is 13.1 Å². The van der Waals surface area contributed by atoms with Gasteiger partial charge >= 0.3 is 0 Å². The van der Waals surface area contributed by atoms with Crippen LogP contribution >= 0.6 is 0 Å². The molecule has 1 aliphatic heterocycles. The molecule has 5 N–H and O–H groups in total. The number of hydrogen-bond acceptors (Lipinski definition) is 8. The number of anilines is 3. The molecule has 1 aromatic carbocycles. The Morgan fingerprint density at radius 2 is 1.90 bits per heavy atom. The molecule has 162 valence electrons. The van der Waals surface area contributed by atoms with Gasteiger partial charge in [0.2, 0.25) is 16.0 Å². The first-order valence-electron chi connectivity index (χ1n) is 10.2. The molecule has 2 aromatic heterocycles. The number of hydrogen-bond donors (Lipinski definition) is 4. The van der Waals surface area contributed by atoms with Crippen molar-refractivity contribution >= 4 is 44.3 Å². The molecular formula is C20H24N8O2S. The molecule has 1 fully saturated rings. The van der Waals surface area contributed by atoms with E-state index in [4.69, 9.17) is 10.1 Å². The molecule has 10 nitrogen and oxygen atoms in total. The van der Waals surface area contributed by atoms with Crippen molar-refractivity contribution < 1.29 is 8.42 Å². The number of sulfonamides is 1. The number of rotatable bonds is 3. The summed E-state index contributed by atoms with van der Waals surface area (Å²) in [5.41, 5.74) is 4.39. The van der Waals surface area contributed by atoms with Crippen molar-refractivity contribution in [2.24, 2.45) is 10.2 Å². The van der Waals surface area contributed by atoms with Crippen molar-refractivity contribution in [3.8, 4) is 0 Å². The first-order chi connectivity index (χ1) is 14.9. The van der Waals surface area contributed by atoms with Crippen LogP contribution in [-0.4, -0.2) is 35.8 Å². The van der Waals surface area contributed by atoms with Crippen molar-refractivity contribution in [1.82, 2.24) is 19.9 Å². The summed E-state index contributed by atoms with van der Waals surface area (Å²) in [6.07, 6.45) is 7.25. The minimum atomic E-state index is -3.73. The van der Waals surface area contributed by atoms with Crippen LogP contribution in [0.5, 0.6) is 0 Å². The minimum absolute atomic E-state index is 0.0549. The summed E-state index contributed by atoms with van der Waals surface area (Å²) in [7, 11) is -1.83. The van der Waals surface area contributed by atoms with Gasteiger partial charge in [0.05, 0.1) is 4.90 Å². The fraction of sp³-hybridized carbons (Fsp3) is 0.350. The fourth-order valence-corrected chi connectivity index (χ4v) is 5.15. The van der Waals surface area contributed by atoms with E-state index in [1.165, 1.54) is 18.6 Å². The first kappa shape index (κ1) is 19.8. The highest BCUT2D eigenvalue weighted by atomic mass is 32.2. The molecule has 0 atom stereocenters. The highest BCUT2D eigenvalue weighted by molar-refractivity contribution is 7.89. The molecule has 0 bridgehead atoms. The molecular weight excluding hydrogens is 416 g/mol. The van der Waals surface area contributed by atoms with E-state index in [2.05, 4.69) is 30.7 Å². The van der Waals surface area contributed by atoms with Gasteiger partial charge in [-0.05, 0) is 43.2 Å². The Morgan fingerprint density at radius 3 is 2.58 bits per heavy atom. The summed E-state index contributed by atoms with van der Waals surface area (Å²) in [4.78, 5) is 9.29. The molecule has 0 radical (unpaired) electrons. The zero-order chi connectivity index (χ0) is 21.6. The summed E-state index contributed by atoms with van der Waals surface area (Å²) in [5, 5.41) is 17.1. The summed E-state index contributed by atoms with van der Waals surface area (Å²) in [6, 6.07) is 8.19. The van der Waals surface area contributed by atoms with Crippen LogP contribution in [0.4, 0.5) is 17.5 Å². The standard InChI is InChI=1S/C20H24N8O2S/c1-22-18-20(9-3-2-4-10-20)28-16(26-27-18)11-13-12-23-19(25-17(13)28)24-14-5-7-15(8-6-14)31(21,29)30/h5-8,11-12,26H,2-4,9-10H2,1H3,(H,22,27)(H2,21,29,30)(H,23,24,25). The lowest BCUT2D eigenvalue weighted by Crippen LogP contribution is -2.51. The summed E-state index contributed by atoms with van der Waals surface area (Å²) >= 11 is 0. The highest BCUT2D eigenvalue weighted by Crippen LogP contribution is 2.43. The lowest BCUT2D eigenvalue weighted by Gasteiger charge is -2.42. The first-order valence-corrected chi connectivity index (χ1v) is 11.8. The summed E-state index contributed by atoms with van der Waals surface area (Å²) < 4.78 is 25.2. The third-order valence-electron chi connectivity index (χ3n) is 6.05. The fourth-order valence-electron chi connectivity index (χ4n) is 4.63. The number of nitrogens with two attached hydrogens (primary N) is 1. The number of primary sulfonamides is 1. The van der Waals surface area contributed by atoms with Crippen molar-refractivity contribution in [2.75, 3.05) is 17.8 Å². The van der Waals surface area contributed by atoms with Gasteiger partial charge in [-0.2, -0.15) is 10.1 Å². The molecule has 0 saturated heterocycles. The van der Waals surface area contributed by atoms with Crippen LogP contribution in [-0.2, 0) is 15.6 Å². The Hall–Kier alpha value is -3.18. The van der Waals surface area contributed by atoms with Gasteiger partial charge in [-0.25, -0.2) is 18.5 Å². The van der Waals surface area contributed by atoms with E-state index >= 15 is 0 Å². The Labute approximate surface area is 180 Å². The second kappa shape index (κ2) is 7.20. The SMILES string of the molecule is CNC1=NNc2cc3cnc(Nc4ccc(S(N)(=O)=O)cc4)nc3n2C12CCCCC2. The Bertz CT molecular complexity index is 1270. The molecule has 3 aromatic rings. The second-order valence-corrected chi connectivity index (χ2v) is 9.51. The summed E-state index contributed by atoms with van der Waals surface area (Å²) in [5.74, 6) is 2.25. The average Bonchev–Trinajstić information content (AvgIpc) is 3.13. The van der Waals surface area contributed by atoms with Gasteiger partial charge < -0.3 is 10.6 Å². The van der Waals surface area contributed by atoms with Crippen LogP contribution in [0, 0.1) is 0 Å². The van der Waals surface area contributed by atoms with Crippen LogP contribution in [0.25, 0.3) is 11.0 Å². The van der Waals surface area contributed by atoms with Gasteiger partial charge in [0, 0.05) is 24.3 Å². The predicted molar refractivity (Wildman–Crippen MR) is 120 cm³/mol. The van der Waals surface area contributed by atoms with Crippen LogP contribution < -0.4 is 21.2 Å². The average molecular weight is 441 g/mol. The molecule has 0 unspecified atom stereocenters. The maximum Gasteiger partial charge on any atom is 0.238 e. The third-order valence-corrected chi connectivity index (χ3v) is 6.98. The van der Waals surface area contributed by atoms with E-state index < -0.39 is 10.0 Å². The minimum Gasteiger partial charge on any atom is -0.373 e.